The third-order valence-corrected chi connectivity index (χ3v) is 5.38. The summed E-state index contributed by atoms with van der Waals surface area (Å²) in [6.07, 6.45) is -0.0862. The molecule has 2 heterocycles. The number of hydrogen-bond donors (Lipinski definition) is 2. The van der Waals surface area contributed by atoms with Gasteiger partial charge in [-0.05, 0) is 23.3 Å². The fourth-order valence-electron chi connectivity index (χ4n) is 3.21. The van der Waals surface area contributed by atoms with Crippen molar-refractivity contribution < 1.29 is 13.6 Å². The molecule has 0 spiro atoms. The number of thioether (sulfide) groups is 1. The third kappa shape index (κ3) is 3.82. The molecule has 1 atom stereocenters. The lowest BCUT2D eigenvalue weighted by Gasteiger charge is -2.24. The Balaban J connectivity index is 1.69. The molecule has 0 aliphatic carbocycles. The SMILES string of the molecule is O=C1C[C@H](c2cc(F)cc(F)c2)c2c(nc(SCc3ccccc3)[nH]c2=O)N1. The predicted molar refractivity (Wildman–Crippen MR) is 102 cm³/mol. The third-order valence-electron chi connectivity index (χ3n) is 4.43. The number of nitrogens with zero attached hydrogens (tertiary/aromatic N) is 1. The first-order chi connectivity index (χ1) is 13.5. The van der Waals surface area contributed by atoms with Crippen LogP contribution >= 0.6 is 11.8 Å². The largest absolute Gasteiger partial charge is 0.310 e. The van der Waals surface area contributed by atoms with Gasteiger partial charge in [0.05, 0.1) is 5.56 Å². The Labute approximate surface area is 163 Å². The molecule has 1 aliphatic heterocycles. The number of benzene rings is 2. The molecular formula is C20H15F2N3O2S. The lowest BCUT2D eigenvalue weighted by Crippen LogP contribution is -2.31. The number of anilines is 1. The molecule has 3 aromatic rings. The van der Waals surface area contributed by atoms with Crippen LogP contribution < -0.4 is 10.9 Å². The standard InChI is InChI=1S/C20H15F2N3O2S/c21-13-6-12(7-14(22)8-13)15-9-16(26)23-18-17(15)19(27)25-20(24-18)28-10-11-4-2-1-3-5-11/h1-8,15H,9-10H2,(H2,23,24,25,26,27)/t15-/m1/s1. The molecule has 5 nitrogen and oxygen atoms in total. The minimum Gasteiger partial charge on any atom is -0.310 e. The molecule has 28 heavy (non-hydrogen) atoms. The number of halogens is 2. The highest BCUT2D eigenvalue weighted by Crippen LogP contribution is 2.35. The number of fused-ring (bicyclic) bond motifs is 1. The summed E-state index contributed by atoms with van der Waals surface area (Å²) in [5.41, 5.74) is 1.06. The average Bonchev–Trinajstić information content (AvgIpc) is 2.65. The highest BCUT2D eigenvalue weighted by molar-refractivity contribution is 7.98. The van der Waals surface area contributed by atoms with Gasteiger partial charge in [-0.25, -0.2) is 13.8 Å². The first kappa shape index (κ1) is 18.4. The zero-order valence-corrected chi connectivity index (χ0v) is 15.4. The molecule has 8 heteroatoms. The molecular weight excluding hydrogens is 384 g/mol. The summed E-state index contributed by atoms with van der Waals surface area (Å²) in [6.45, 7) is 0. The molecule has 142 valence electrons. The summed E-state index contributed by atoms with van der Waals surface area (Å²) in [6, 6.07) is 12.7. The van der Waals surface area contributed by atoms with Crippen LogP contribution in [0.25, 0.3) is 0 Å². The van der Waals surface area contributed by atoms with E-state index in [-0.39, 0.29) is 29.3 Å². The van der Waals surface area contributed by atoms with E-state index in [9.17, 15) is 18.4 Å². The zero-order valence-electron chi connectivity index (χ0n) is 14.5. The lowest BCUT2D eigenvalue weighted by molar-refractivity contribution is -0.116. The van der Waals surface area contributed by atoms with Crippen LogP contribution in [0.3, 0.4) is 0 Å². The van der Waals surface area contributed by atoms with Gasteiger partial charge >= 0.3 is 0 Å². The second-order valence-corrected chi connectivity index (χ2v) is 7.38. The Morgan fingerprint density at radius 3 is 2.50 bits per heavy atom. The second kappa shape index (κ2) is 7.55. The van der Waals surface area contributed by atoms with E-state index in [0.717, 1.165) is 23.8 Å². The number of amides is 1. The summed E-state index contributed by atoms with van der Waals surface area (Å²) in [7, 11) is 0. The minimum atomic E-state index is -0.765. The second-order valence-electron chi connectivity index (χ2n) is 6.42. The molecule has 2 N–H and O–H groups in total. The first-order valence-corrected chi connectivity index (χ1v) is 9.55. The molecule has 0 saturated carbocycles. The van der Waals surface area contributed by atoms with Crippen LogP contribution in [0.2, 0.25) is 0 Å². The summed E-state index contributed by atoms with van der Waals surface area (Å²) in [5, 5.41) is 2.96. The Kier molecular flexibility index (Phi) is 4.95. The number of aromatic amines is 1. The number of nitrogens with one attached hydrogen (secondary N) is 2. The van der Waals surface area contributed by atoms with Crippen LogP contribution in [0, 0.1) is 11.6 Å². The topological polar surface area (TPSA) is 74.8 Å². The number of aromatic nitrogens is 2. The number of rotatable bonds is 4. The van der Waals surface area contributed by atoms with Crippen molar-refractivity contribution in [3.05, 3.63) is 87.2 Å². The van der Waals surface area contributed by atoms with Crippen molar-refractivity contribution in [1.29, 1.82) is 0 Å². The van der Waals surface area contributed by atoms with Crippen LogP contribution in [0.4, 0.5) is 14.6 Å². The maximum absolute atomic E-state index is 13.6. The van der Waals surface area contributed by atoms with Crippen LogP contribution in [0.5, 0.6) is 0 Å². The summed E-state index contributed by atoms with van der Waals surface area (Å²) >= 11 is 1.33. The molecule has 0 fully saturated rings. The van der Waals surface area contributed by atoms with Crippen molar-refractivity contribution in [3.8, 4) is 0 Å². The fraction of sp³-hybridized carbons (Fsp3) is 0.150. The molecule has 1 aliphatic rings. The van der Waals surface area contributed by atoms with Gasteiger partial charge in [0.15, 0.2) is 5.16 Å². The van der Waals surface area contributed by atoms with E-state index in [0.29, 0.717) is 10.9 Å². The minimum absolute atomic E-state index is 0.0862. The molecule has 0 unspecified atom stereocenters. The van der Waals surface area contributed by atoms with Gasteiger partial charge in [-0.3, -0.25) is 9.59 Å². The van der Waals surface area contributed by atoms with Gasteiger partial charge in [0.2, 0.25) is 5.91 Å². The molecule has 0 saturated heterocycles. The quantitative estimate of drug-likeness (QED) is 0.517. The summed E-state index contributed by atoms with van der Waals surface area (Å²) < 4.78 is 27.3. The van der Waals surface area contributed by atoms with Gasteiger partial charge in [0.25, 0.3) is 5.56 Å². The number of carbonyl (C=O) groups is 1. The van der Waals surface area contributed by atoms with Crippen LogP contribution in [0.15, 0.2) is 58.5 Å². The van der Waals surface area contributed by atoms with E-state index in [4.69, 9.17) is 0 Å². The van der Waals surface area contributed by atoms with Crippen molar-refractivity contribution in [2.45, 2.75) is 23.2 Å². The first-order valence-electron chi connectivity index (χ1n) is 8.56. The number of H-pyrrole nitrogens is 1. The van der Waals surface area contributed by atoms with E-state index in [2.05, 4.69) is 15.3 Å². The van der Waals surface area contributed by atoms with Crippen LogP contribution in [0.1, 0.15) is 29.0 Å². The zero-order chi connectivity index (χ0) is 19.7. The summed E-state index contributed by atoms with van der Waals surface area (Å²) in [5.74, 6) is -1.93. The van der Waals surface area contributed by atoms with E-state index in [1.807, 2.05) is 30.3 Å². The highest BCUT2D eigenvalue weighted by Gasteiger charge is 2.31. The normalized spacial score (nSPS) is 15.8. The van der Waals surface area contributed by atoms with E-state index in [1.54, 1.807) is 0 Å². The Bertz CT molecular complexity index is 1080. The predicted octanol–water partition coefficient (Wildman–Crippen LogP) is 3.81. The van der Waals surface area contributed by atoms with Gasteiger partial charge in [-0.1, -0.05) is 42.1 Å². The fourth-order valence-corrected chi connectivity index (χ4v) is 4.02. The van der Waals surface area contributed by atoms with Crippen molar-refractivity contribution in [2.75, 3.05) is 5.32 Å². The molecule has 0 bridgehead atoms. The Hall–Kier alpha value is -3.00. The van der Waals surface area contributed by atoms with Crippen molar-refractivity contribution in [2.24, 2.45) is 0 Å². The van der Waals surface area contributed by atoms with Crippen molar-refractivity contribution in [3.63, 3.8) is 0 Å². The van der Waals surface area contributed by atoms with E-state index >= 15 is 0 Å². The van der Waals surface area contributed by atoms with Crippen LogP contribution in [-0.4, -0.2) is 15.9 Å². The smallest absolute Gasteiger partial charge is 0.257 e. The van der Waals surface area contributed by atoms with Gasteiger partial charge < -0.3 is 10.3 Å². The summed E-state index contributed by atoms with van der Waals surface area (Å²) in [4.78, 5) is 31.9. The van der Waals surface area contributed by atoms with Gasteiger partial charge in [-0.2, -0.15) is 0 Å². The lowest BCUT2D eigenvalue weighted by atomic mass is 9.87. The van der Waals surface area contributed by atoms with Gasteiger partial charge in [-0.15, -0.1) is 0 Å². The van der Waals surface area contributed by atoms with E-state index < -0.39 is 23.1 Å². The Morgan fingerprint density at radius 2 is 1.79 bits per heavy atom. The molecule has 4 rings (SSSR count). The van der Waals surface area contributed by atoms with Gasteiger partial charge in [0.1, 0.15) is 17.5 Å². The average molecular weight is 399 g/mol. The molecule has 0 radical (unpaired) electrons. The van der Waals surface area contributed by atoms with Crippen LogP contribution in [-0.2, 0) is 10.5 Å². The monoisotopic (exact) mass is 399 g/mol. The van der Waals surface area contributed by atoms with E-state index in [1.165, 1.54) is 11.8 Å². The Morgan fingerprint density at radius 1 is 1.07 bits per heavy atom. The van der Waals surface area contributed by atoms with Crippen molar-refractivity contribution in [1.82, 2.24) is 9.97 Å². The molecule has 1 amide bonds. The maximum Gasteiger partial charge on any atom is 0.257 e. The number of carbonyl (C=O) groups excluding carboxylic acids is 1. The highest BCUT2D eigenvalue weighted by atomic mass is 32.2. The van der Waals surface area contributed by atoms with Crippen molar-refractivity contribution >= 4 is 23.5 Å². The van der Waals surface area contributed by atoms with Gasteiger partial charge in [0, 0.05) is 24.2 Å². The number of hydrogen-bond acceptors (Lipinski definition) is 4. The molecule has 1 aromatic heterocycles. The molecule has 2 aromatic carbocycles. The maximum atomic E-state index is 13.6.